The Bertz CT molecular complexity index is 855. The van der Waals surface area contributed by atoms with Crippen LogP contribution in [0, 0.1) is 6.92 Å². The van der Waals surface area contributed by atoms with E-state index in [1.54, 1.807) is 53.7 Å². The van der Waals surface area contributed by atoms with Crippen LogP contribution in [-0.4, -0.2) is 62.9 Å². The van der Waals surface area contributed by atoms with Gasteiger partial charge in [0, 0.05) is 11.6 Å². The Hall–Kier alpha value is -2.81. The molecule has 0 aromatic heterocycles. The maximum absolute atomic E-state index is 13.5. The van der Waals surface area contributed by atoms with E-state index >= 15 is 0 Å². The Morgan fingerprint density at radius 2 is 1.67 bits per heavy atom. The van der Waals surface area contributed by atoms with E-state index in [1.165, 1.54) is 11.0 Å². The van der Waals surface area contributed by atoms with Gasteiger partial charge in [-0.25, -0.2) is 4.79 Å². The molecule has 9 heteroatoms. The van der Waals surface area contributed by atoms with E-state index in [2.05, 4.69) is 10.6 Å². The minimum atomic E-state index is -1.31. The van der Waals surface area contributed by atoms with Gasteiger partial charge in [0.05, 0.1) is 6.61 Å². The monoisotopic (exact) mass is 465 g/mol. The molecule has 2 atom stereocenters. The van der Waals surface area contributed by atoms with Crippen LogP contribution in [0.3, 0.4) is 0 Å². The molecule has 1 rings (SSSR count). The maximum atomic E-state index is 13.5. The molecule has 0 bridgehead atoms. The highest BCUT2D eigenvalue weighted by Gasteiger charge is 2.38. The topological polar surface area (TPSA) is 128 Å². The molecular weight excluding hydrogens is 426 g/mol. The van der Waals surface area contributed by atoms with Gasteiger partial charge >= 0.3 is 6.09 Å². The molecule has 9 nitrogen and oxygen atoms in total. The molecule has 2 unspecified atom stereocenters. The SMILES string of the molecule is Cc1cc(C(C(=O)NC(C)(C)C)N(C(=O)C(CO)NC(=O)OC(C)(C)C)C(C)C)ccc1O. The number of phenols is 1. The number of benzene rings is 1. The number of amides is 3. The van der Waals surface area contributed by atoms with Crippen LogP contribution in [0.2, 0.25) is 0 Å². The fourth-order valence-electron chi connectivity index (χ4n) is 3.22. The number of aliphatic hydroxyl groups excluding tert-OH is 1. The van der Waals surface area contributed by atoms with Crippen molar-refractivity contribution >= 4 is 17.9 Å². The first-order chi connectivity index (χ1) is 15.0. The lowest BCUT2D eigenvalue weighted by Gasteiger charge is -2.38. The number of carbonyl (C=O) groups is 3. The van der Waals surface area contributed by atoms with Gasteiger partial charge in [0.2, 0.25) is 11.8 Å². The lowest BCUT2D eigenvalue weighted by atomic mass is 9.97. The van der Waals surface area contributed by atoms with Crippen LogP contribution < -0.4 is 10.6 Å². The van der Waals surface area contributed by atoms with E-state index in [1.807, 2.05) is 20.8 Å². The van der Waals surface area contributed by atoms with Gasteiger partial charge in [0.15, 0.2) is 0 Å². The normalized spacial score (nSPS) is 13.8. The second-order valence-corrected chi connectivity index (χ2v) is 10.4. The third kappa shape index (κ3) is 8.57. The number of ether oxygens (including phenoxy) is 1. The smallest absolute Gasteiger partial charge is 0.408 e. The Balaban J connectivity index is 3.44. The largest absolute Gasteiger partial charge is 0.508 e. The summed E-state index contributed by atoms with van der Waals surface area (Å²) in [5.41, 5.74) is -0.326. The van der Waals surface area contributed by atoms with Gasteiger partial charge in [0.1, 0.15) is 23.4 Å². The predicted octanol–water partition coefficient (Wildman–Crippen LogP) is 2.78. The van der Waals surface area contributed by atoms with Crippen molar-refractivity contribution in [3.8, 4) is 5.75 Å². The average molecular weight is 466 g/mol. The fraction of sp³-hybridized carbons (Fsp3) is 0.625. The molecule has 1 aromatic rings. The zero-order chi connectivity index (χ0) is 25.7. The quantitative estimate of drug-likeness (QED) is 0.490. The van der Waals surface area contributed by atoms with Gasteiger partial charge in [-0.2, -0.15) is 0 Å². The number of nitrogens with zero attached hydrogens (tertiary/aromatic N) is 1. The molecule has 0 fully saturated rings. The summed E-state index contributed by atoms with van der Waals surface area (Å²) in [6.45, 7) is 15.0. The van der Waals surface area contributed by atoms with Crippen LogP contribution in [0.5, 0.6) is 5.75 Å². The molecule has 0 radical (unpaired) electrons. The van der Waals surface area contributed by atoms with Crippen LogP contribution >= 0.6 is 0 Å². The van der Waals surface area contributed by atoms with Gasteiger partial charge in [-0.15, -0.1) is 0 Å². The average Bonchev–Trinajstić information content (AvgIpc) is 2.62. The van der Waals surface area contributed by atoms with Gasteiger partial charge in [0.25, 0.3) is 0 Å². The van der Waals surface area contributed by atoms with E-state index in [0.29, 0.717) is 11.1 Å². The Morgan fingerprint density at radius 3 is 2.09 bits per heavy atom. The van der Waals surface area contributed by atoms with Crippen LogP contribution in [-0.2, 0) is 14.3 Å². The van der Waals surface area contributed by atoms with E-state index in [-0.39, 0.29) is 5.75 Å². The van der Waals surface area contributed by atoms with E-state index < -0.39 is 53.8 Å². The molecule has 0 aliphatic rings. The maximum Gasteiger partial charge on any atom is 0.408 e. The molecule has 1 aromatic carbocycles. The van der Waals surface area contributed by atoms with Crippen molar-refractivity contribution in [2.24, 2.45) is 0 Å². The predicted molar refractivity (Wildman–Crippen MR) is 126 cm³/mol. The van der Waals surface area contributed by atoms with Gasteiger partial charge in [-0.3, -0.25) is 9.59 Å². The van der Waals surface area contributed by atoms with Crippen molar-refractivity contribution in [3.05, 3.63) is 29.3 Å². The van der Waals surface area contributed by atoms with E-state index in [9.17, 15) is 24.6 Å². The molecule has 0 saturated carbocycles. The summed E-state index contributed by atoms with van der Waals surface area (Å²) in [7, 11) is 0. The first-order valence-corrected chi connectivity index (χ1v) is 11.0. The molecule has 0 heterocycles. The zero-order valence-corrected chi connectivity index (χ0v) is 21.1. The number of phenolic OH excluding ortho intramolecular Hbond substituents is 1. The summed E-state index contributed by atoms with van der Waals surface area (Å²) in [5.74, 6) is -1.00. The first-order valence-electron chi connectivity index (χ1n) is 11.0. The van der Waals surface area contributed by atoms with E-state index in [4.69, 9.17) is 4.74 Å². The summed E-state index contributed by atoms with van der Waals surface area (Å²) in [6, 6.07) is 1.84. The number of alkyl carbamates (subject to hydrolysis) is 1. The third-order valence-corrected chi connectivity index (χ3v) is 4.54. The number of aromatic hydroxyl groups is 1. The summed E-state index contributed by atoms with van der Waals surface area (Å²) in [4.78, 5) is 40.5. The van der Waals surface area contributed by atoms with Crippen molar-refractivity contribution in [3.63, 3.8) is 0 Å². The molecule has 0 saturated heterocycles. The summed E-state index contributed by atoms with van der Waals surface area (Å²) in [6.07, 6.45) is -0.852. The molecular formula is C24H39N3O6. The molecule has 33 heavy (non-hydrogen) atoms. The van der Waals surface area contributed by atoms with Crippen LogP contribution in [0.25, 0.3) is 0 Å². The number of rotatable bonds is 7. The number of aryl methyl sites for hydroxylation is 1. The van der Waals surface area contributed by atoms with Crippen LogP contribution in [0.4, 0.5) is 4.79 Å². The minimum Gasteiger partial charge on any atom is -0.508 e. The summed E-state index contributed by atoms with van der Waals surface area (Å²) < 4.78 is 5.21. The number of carbonyl (C=O) groups excluding carboxylic acids is 3. The second kappa shape index (κ2) is 10.9. The summed E-state index contributed by atoms with van der Waals surface area (Å²) >= 11 is 0. The minimum absolute atomic E-state index is 0.0657. The number of nitrogens with one attached hydrogen (secondary N) is 2. The van der Waals surface area contributed by atoms with Crippen molar-refractivity contribution in [2.75, 3.05) is 6.61 Å². The lowest BCUT2D eigenvalue weighted by molar-refractivity contribution is -0.145. The standard InChI is InChI=1S/C24H39N3O6/c1-14(2)27(21(31)17(13-28)25-22(32)33-24(7,8)9)19(20(30)26-23(4,5)6)16-10-11-18(29)15(3)12-16/h10-12,14,17,19,28-29H,13H2,1-9H3,(H,25,32)(H,26,30). The lowest BCUT2D eigenvalue weighted by Crippen LogP contribution is -2.57. The number of hydrogen-bond donors (Lipinski definition) is 4. The molecule has 0 spiro atoms. The van der Waals surface area contributed by atoms with E-state index in [0.717, 1.165) is 0 Å². The van der Waals surface area contributed by atoms with Gasteiger partial charge < -0.3 is 30.5 Å². The first kappa shape index (κ1) is 28.2. The Morgan fingerprint density at radius 1 is 1.09 bits per heavy atom. The van der Waals surface area contributed by atoms with Crippen molar-refractivity contribution in [1.82, 2.24) is 15.5 Å². The van der Waals surface area contributed by atoms with Crippen LogP contribution in [0.15, 0.2) is 18.2 Å². The van der Waals surface area contributed by atoms with Crippen LogP contribution in [0.1, 0.15) is 72.6 Å². The Labute approximate surface area is 196 Å². The fourth-order valence-corrected chi connectivity index (χ4v) is 3.22. The highest BCUT2D eigenvalue weighted by Crippen LogP contribution is 2.29. The molecule has 0 aliphatic carbocycles. The highest BCUT2D eigenvalue weighted by atomic mass is 16.6. The van der Waals surface area contributed by atoms with Crippen molar-refractivity contribution in [2.45, 2.75) is 91.6 Å². The van der Waals surface area contributed by atoms with Crippen molar-refractivity contribution < 1.29 is 29.3 Å². The third-order valence-electron chi connectivity index (χ3n) is 4.54. The zero-order valence-electron chi connectivity index (χ0n) is 21.1. The van der Waals surface area contributed by atoms with Crippen molar-refractivity contribution in [1.29, 1.82) is 0 Å². The highest BCUT2D eigenvalue weighted by molar-refractivity contribution is 5.92. The summed E-state index contributed by atoms with van der Waals surface area (Å²) in [5, 5.41) is 25.1. The number of hydrogen-bond acceptors (Lipinski definition) is 6. The number of aliphatic hydroxyl groups is 1. The molecule has 0 aliphatic heterocycles. The second-order valence-electron chi connectivity index (χ2n) is 10.4. The molecule has 4 N–H and O–H groups in total. The molecule has 3 amide bonds. The Kier molecular flexibility index (Phi) is 9.30. The van der Waals surface area contributed by atoms with Gasteiger partial charge in [-0.1, -0.05) is 6.07 Å². The van der Waals surface area contributed by atoms with Gasteiger partial charge in [-0.05, 0) is 85.6 Å². The molecule has 186 valence electrons.